The first-order valence-electron chi connectivity index (χ1n) is 5.33. The Morgan fingerprint density at radius 2 is 1.94 bits per heavy atom. The predicted octanol–water partition coefficient (Wildman–Crippen LogP) is 5.03. The monoisotopic (exact) mass is 320 g/mol. The number of rotatable bonds is 2. The molecule has 0 saturated carbocycles. The van der Waals surface area contributed by atoms with Gasteiger partial charge in [0.15, 0.2) is 0 Å². The Balaban J connectivity index is 2.34. The summed E-state index contributed by atoms with van der Waals surface area (Å²) in [5.74, 6) is 0. The molecule has 0 fully saturated rings. The van der Waals surface area contributed by atoms with Gasteiger partial charge in [-0.25, -0.2) is 0 Å². The minimum atomic E-state index is 0.536. The third-order valence-corrected chi connectivity index (χ3v) is 3.37. The summed E-state index contributed by atoms with van der Waals surface area (Å²) in [6, 6.07) is 13.2. The van der Waals surface area contributed by atoms with Gasteiger partial charge in [-0.2, -0.15) is 5.26 Å². The lowest BCUT2D eigenvalue weighted by molar-refractivity contribution is 1.41. The molecule has 2 aromatic rings. The van der Waals surface area contributed by atoms with E-state index in [1.54, 1.807) is 18.2 Å². The molecule has 0 radical (unpaired) electrons. The van der Waals surface area contributed by atoms with Crippen molar-refractivity contribution < 1.29 is 0 Å². The Morgan fingerprint density at radius 3 is 2.61 bits per heavy atom. The van der Waals surface area contributed by atoms with Crippen molar-refractivity contribution in [2.24, 2.45) is 0 Å². The van der Waals surface area contributed by atoms with E-state index in [-0.39, 0.29) is 0 Å². The maximum atomic E-state index is 8.79. The standard InChI is InChI=1S/C14H10BrClN2/c1-9-2-4-11(15)7-14(9)18-13-5-3-10(8-17)6-12(13)16/h2-7,18H,1H3. The summed E-state index contributed by atoms with van der Waals surface area (Å²) in [5.41, 5.74) is 3.45. The van der Waals surface area contributed by atoms with Crippen LogP contribution >= 0.6 is 27.5 Å². The molecule has 0 bridgehead atoms. The molecule has 0 unspecified atom stereocenters. The summed E-state index contributed by atoms with van der Waals surface area (Å²) in [6.07, 6.45) is 0. The van der Waals surface area contributed by atoms with Crippen LogP contribution in [0.4, 0.5) is 11.4 Å². The van der Waals surface area contributed by atoms with E-state index in [2.05, 4.69) is 27.3 Å². The molecule has 0 saturated heterocycles. The molecule has 90 valence electrons. The maximum Gasteiger partial charge on any atom is 0.0992 e. The fourth-order valence-electron chi connectivity index (χ4n) is 1.56. The smallest absolute Gasteiger partial charge is 0.0992 e. The summed E-state index contributed by atoms with van der Waals surface area (Å²) >= 11 is 9.56. The van der Waals surface area contributed by atoms with Crippen LogP contribution in [0.1, 0.15) is 11.1 Å². The molecule has 18 heavy (non-hydrogen) atoms. The zero-order chi connectivity index (χ0) is 13.1. The first-order chi connectivity index (χ1) is 8.60. The quantitative estimate of drug-likeness (QED) is 0.842. The Kier molecular flexibility index (Phi) is 3.90. The number of aryl methyl sites for hydroxylation is 1. The van der Waals surface area contributed by atoms with E-state index >= 15 is 0 Å². The van der Waals surface area contributed by atoms with Crippen molar-refractivity contribution in [3.8, 4) is 6.07 Å². The first-order valence-corrected chi connectivity index (χ1v) is 6.50. The number of halogens is 2. The molecule has 2 nitrogen and oxygen atoms in total. The molecular weight excluding hydrogens is 312 g/mol. The highest BCUT2D eigenvalue weighted by atomic mass is 79.9. The van der Waals surface area contributed by atoms with Crippen LogP contribution in [-0.4, -0.2) is 0 Å². The zero-order valence-corrected chi connectivity index (χ0v) is 12.0. The van der Waals surface area contributed by atoms with Crippen molar-refractivity contribution in [3.05, 3.63) is 57.0 Å². The summed E-state index contributed by atoms with van der Waals surface area (Å²) in [6.45, 7) is 2.02. The van der Waals surface area contributed by atoms with Gasteiger partial charge in [0.05, 0.1) is 22.3 Å². The van der Waals surface area contributed by atoms with Crippen LogP contribution in [0.2, 0.25) is 5.02 Å². The Hall–Kier alpha value is -1.50. The van der Waals surface area contributed by atoms with Gasteiger partial charge < -0.3 is 5.32 Å². The molecule has 0 aromatic heterocycles. The van der Waals surface area contributed by atoms with Gasteiger partial charge in [-0.1, -0.05) is 33.6 Å². The average molecular weight is 322 g/mol. The minimum absolute atomic E-state index is 0.536. The van der Waals surface area contributed by atoms with E-state index in [0.29, 0.717) is 10.6 Å². The van der Waals surface area contributed by atoms with Gasteiger partial charge >= 0.3 is 0 Å². The van der Waals surface area contributed by atoms with Crippen LogP contribution in [0.15, 0.2) is 40.9 Å². The number of nitrogens with zero attached hydrogens (tertiary/aromatic N) is 1. The van der Waals surface area contributed by atoms with Crippen LogP contribution in [0, 0.1) is 18.3 Å². The van der Waals surface area contributed by atoms with Crippen molar-refractivity contribution in [1.29, 1.82) is 5.26 Å². The molecule has 2 aromatic carbocycles. The van der Waals surface area contributed by atoms with Gasteiger partial charge in [-0.15, -0.1) is 0 Å². The topological polar surface area (TPSA) is 35.8 Å². The number of benzene rings is 2. The van der Waals surface area contributed by atoms with Gasteiger partial charge in [0.1, 0.15) is 0 Å². The van der Waals surface area contributed by atoms with E-state index in [1.807, 2.05) is 25.1 Å². The van der Waals surface area contributed by atoms with Crippen LogP contribution in [0.5, 0.6) is 0 Å². The van der Waals surface area contributed by atoms with Crippen molar-refractivity contribution in [2.45, 2.75) is 6.92 Å². The molecule has 0 aliphatic heterocycles. The van der Waals surface area contributed by atoms with Crippen LogP contribution < -0.4 is 5.32 Å². The highest BCUT2D eigenvalue weighted by Gasteiger charge is 2.04. The third-order valence-electron chi connectivity index (χ3n) is 2.57. The second-order valence-corrected chi connectivity index (χ2v) is 5.21. The van der Waals surface area contributed by atoms with Gasteiger partial charge in [-0.05, 0) is 42.8 Å². The Labute approximate surface area is 119 Å². The van der Waals surface area contributed by atoms with E-state index in [9.17, 15) is 0 Å². The fraction of sp³-hybridized carbons (Fsp3) is 0.0714. The molecule has 0 aliphatic carbocycles. The summed E-state index contributed by atoms with van der Waals surface area (Å²) in [7, 11) is 0. The van der Waals surface area contributed by atoms with Gasteiger partial charge in [-0.3, -0.25) is 0 Å². The highest BCUT2D eigenvalue weighted by molar-refractivity contribution is 9.10. The maximum absolute atomic E-state index is 8.79. The lowest BCUT2D eigenvalue weighted by Crippen LogP contribution is -1.94. The lowest BCUT2D eigenvalue weighted by atomic mass is 10.1. The van der Waals surface area contributed by atoms with Crippen LogP contribution in [0.3, 0.4) is 0 Å². The predicted molar refractivity (Wildman–Crippen MR) is 78.3 cm³/mol. The molecule has 0 amide bonds. The van der Waals surface area contributed by atoms with Crippen molar-refractivity contribution in [3.63, 3.8) is 0 Å². The van der Waals surface area contributed by atoms with Crippen LogP contribution in [0.25, 0.3) is 0 Å². The molecule has 0 spiro atoms. The summed E-state index contributed by atoms with van der Waals surface area (Å²) < 4.78 is 1.00. The zero-order valence-electron chi connectivity index (χ0n) is 9.67. The lowest BCUT2D eigenvalue weighted by Gasteiger charge is -2.11. The molecule has 1 N–H and O–H groups in total. The van der Waals surface area contributed by atoms with Gasteiger partial charge in [0.25, 0.3) is 0 Å². The number of hydrogen-bond acceptors (Lipinski definition) is 2. The number of hydrogen-bond donors (Lipinski definition) is 1. The molecule has 0 heterocycles. The second-order valence-electron chi connectivity index (χ2n) is 3.89. The minimum Gasteiger partial charge on any atom is -0.354 e. The molecular formula is C14H10BrClN2. The Bertz CT molecular complexity index is 632. The average Bonchev–Trinajstić information content (AvgIpc) is 2.36. The normalized spacial score (nSPS) is 9.89. The number of nitriles is 1. The largest absolute Gasteiger partial charge is 0.354 e. The summed E-state index contributed by atoms with van der Waals surface area (Å²) in [4.78, 5) is 0. The first kappa shape index (κ1) is 12.9. The van der Waals surface area contributed by atoms with Crippen molar-refractivity contribution in [1.82, 2.24) is 0 Å². The van der Waals surface area contributed by atoms with E-state index in [1.165, 1.54) is 0 Å². The van der Waals surface area contributed by atoms with Gasteiger partial charge in [0.2, 0.25) is 0 Å². The number of anilines is 2. The molecule has 0 atom stereocenters. The van der Waals surface area contributed by atoms with Crippen molar-refractivity contribution in [2.75, 3.05) is 5.32 Å². The molecule has 4 heteroatoms. The fourth-order valence-corrected chi connectivity index (χ4v) is 2.15. The Morgan fingerprint density at radius 1 is 1.17 bits per heavy atom. The van der Waals surface area contributed by atoms with E-state index in [0.717, 1.165) is 21.4 Å². The van der Waals surface area contributed by atoms with Gasteiger partial charge in [0, 0.05) is 10.2 Å². The van der Waals surface area contributed by atoms with Crippen molar-refractivity contribution >= 4 is 38.9 Å². The van der Waals surface area contributed by atoms with E-state index in [4.69, 9.17) is 16.9 Å². The van der Waals surface area contributed by atoms with Crippen LogP contribution in [-0.2, 0) is 0 Å². The molecule has 2 rings (SSSR count). The SMILES string of the molecule is Cc1ccc(Br)cc1Nc1ccc(C#N)cc1Cl. The molecule has 0 aliphatic rings. The number of nitrogens with one attached hydrogen (secondary N) is 1. The highest BCUT2D eigenvalue weighted by Crippen LogP contribution is 2.29. The summed E-state index contributed by atoms with van der Waals surface area (Å²) in [5, 5.41) is 12.6. The third kappa shape index (κ3) is 2.84. The van der Waals surface area contributed by atoms with E-state index < -0.39 is 0 Å². The second kappa shape index (κ2) is 5.43.